The van der Waals surface area contributed by atoms with Crippen LogP contribution in [0.5, 0.6) is 0 Å². The van der Waals surface area contributed by atoms with Gasteiger partial charge in [0, 0.05) is 65.7 Å². The van der Waals surface area contributed by atoms with Gasteiger partial charge in [-0.1, -0.05) is 12.1 Å². The van der Waals surface area contributed by atoms with Gasteiger partial charge in [0.25, 0.3) is 5.91 Å². The molecule has 4 aromatic rings. The summed E-state index contributed by atoms with van der Waals surface area (Å²) in [6, 6.07) is 10.3. The van der Waals surface area contributed by atoms with Crippen molar-refractivity contribution in [3.05, 3.63) is 89.6 Å². The van der Waals surface area contributed by atoms with Crippen molar-refractivity contribution >= 4 is 28.9 Å². The number of carbonyl (C=O) groups is 1. The number of nitrogens with one attached hydrogen (secondary N) is 3. The lowest BCUT2D eigenvalue weighted by molar-refractivity contribution is -0.138. The van der Waals surface area contributed by atoms with Crippen LogP contribution in [0.25, 0.3) is 11.3 Å². The van der Waals surface area contributed by atoms with E-state index in [1.54, 1.807) is 42.9 Å². The largest absolute Gasteiger partial charge is 0.416 e. The number of nitrogens with zero attached hydrogens (tertiary/aromatic N) is 5. The number of halogens is 3. The fraction of sp³-hybridized carbons (Fsp3) is 0.267. The van der Waals surface area contributed by atoms with Crippen LogP contribution in [0.1, 0.15) is 40.4 Å². The zero-order valence-corrected chi connectivity index (χ0v) is 23.6. The third-order valence-corrected chi connectivity index (χ3v) is 6.76. The second kappa shape index (κ2) is 12.9. The number of aromatic nitrogens is 4. The molecular formula is C30H31F3N8O. The van der Waals surface area contributed by atoms with E-state index in [0.29, 0.717) is 35.0 Å². The van der Waals surface area contributed by atoms with E-state index < -0.39 is 17.6 Å². The van der Waals surface area contributed by atoms with Crippen LogP contribution in [-0.4, -0.2) is 56.6 Å². The van der Waals surface area contributed by atoms with E-state index >= 15 is 0 Å². The van der Waals surface area contributed by atoms with Crippen molar-refractivity contribution in [2.75, 3.05) is 24.7 Å². The average Bonchev–Trinajstić information content (AvgIpc) is 2.95. The van der Waals surface area contributed by atoms with Gasteiger partial charge in [0.2, 0.25) is 5.95 Å². The van der Waals surface area contributed by atoms with Crippen LogP contribution in [-0.2, 0) is 12.6 Å². The lowest BCUT2D eigenvalue weighted by Crippen LogP contribution is -2.28. The van der Waals surface area contributed by atoms with E-state index in [1.165, 1.54) is 18.5 Å². The standard InChI is InChI=1S/C30H31F3N8O/c1-18-5-8-24(14-27(18)40-29-37-10-9-26(39-29)22-15-35-17-36-16-22)38-28(42)21-7-6-20(25(13-21)30(31,32)33)12-23(34)11-19(2)41(3)4/h5-10,13-17,19,34H,11-12H2,1-4H3,(H,38,42)(H,37,39,40)/t19-/m1/s1. The quantitative estimate of drug-likeness (QED) is 0.194. The fourth-order valence-electron chi connectivity index (χ4n) is 4.15. The molecule has 2 aromatic heterocycles. The van der Waals surface area contributed by atoms with E-state index in [-0.39, 0.29) is 29.3 Å². The fourth-order valence-corrected chi connectivity index (χ4v) is 4.15. The number of aryl methyl sites for hydroxylation is 1. The minimum Gasteiger partial charge on any atom is -0.324 e. The highest BCUT2D eigenvalue weighted by Crippen LogP contribution is 2.34. The van der Waals surface area contributed by atoms with Gasteiger partial charge in [0.05, 0.1) is 11.3 Å². The number of amides is 1. The second-order valence-corrected chi connectivity index (χ2v) is 10.2. The van der Waals surface area contributed by atoms with E-state index in [2.05, 4.69) is 30.6 Å². The predicted molar refractivity (Wildman–Crippen MR) is 156 cm³/mol. The highest BCUT2D eigenvalue weighted by atomic mass is 19.4. The summed E-state index contributed by atoms with van der Waals surface area (Å²) in [5, 5.41) is 14.0. The molecule has 4 rings (SSSR count). The van der Waals surface area contributed by atoms with Crippen LogP contribution in [0, 0.1) is 12.3 Å². The van der Waals surface area contributed by atoms with Crippen LogP contribution in [0.3, 0.4) is 0 Å². The van der Waals surface area contributed by atoms with Crippen molar-refractivity contribution in [3.63, 3.8) is 0 Å². The Labute approximate surface area is 241 Å². The Balaban J connectivity index is 1.52. The molecule has 1 amide bonds. The summed E-state index contributed by atoms with van der Waals surface area (Å²) in [6.45, 7) is 3.76. The van der Waals surface area contributed by atoms with Gasteiger partial charge in [-0.15, -0.1) is 0 Å². The summed E-state index contributed by atoms with van der Waals surface area (Å²) in [4.78, 5) is 31.7. The highest BCUT2D eigenvalue weighted by Gasteiger charge is 2.34. The molecule has 0 spiro atoms. The summed E-state index contributed by atoms with van der Waals surface area (Å²) in [5.74, 6) is -0.389. The molecule has 0 radical (unpaired) electrons. The predicted octanol–water partition coefficient (Wildman–Crippen LogP) is 6.16. The van der Waals surface area contributed by atoms with Gasteiger partial charge in [-0.25, -0.2) is 19.9 Å². The van der Waals surface area contributed by atoms with Crippen molar-refractivity contribution in [2.45, 2.75) is 38.9 Å². The van der Waals surface area contributed by atoms with Gasteiger partial charge < -0.3 is 20.9 Å². The van der Waals surface area contributed by atoms with E-state index in [4.69, 9.17) is 5.41 Å². The lowest BCUT2D eigenvalue weighted by Gasteiger charge is -2.21. The number of alkyl halides is 3. The van der Waals surface area contributed by atoms with Crippen LogP contribution < -0.4 is 10.6 Å². The Bertz CT molecular complexity index is 1570. The van der Waals surface area contributed by atoms with Gasteiger partial charge >= 0.3 is 6.18 Å². The minimum absolute atomic E-state index is 0.0137. The normalized spacial score (nSPS) is 12.2. The summed E-state index contributed by atoms with van der Waals surface area (Å²) < 4.78 is 41.9. The highest BCUT2D eigenvalue weighted by molar-refractivity contribution is 6.04. The Morgan fingerprint density at radius 1 is 1.07 bits per heavy atom. The van der Waals surface area contributed by atoms with Gasteiger partial charge in [-0.05, 0) is 69.4 Å². The molecule has 1 atom stereocenters. The first-order valence-electron chi connectivity index (χ1n) is 13.1. The van der Waals surface area contributed by atoms with Crippen molar-refractivity contribution in [2.24, 2.45) is 0 Å². The van der Waals surface area contributed by atoms with Gasteiger partial charge in [0.15, 0.2) is 0 Å². The van der Waals surface area contributed by atoms with Crippen LogP contribution in [0.15, 0.2) is 67.4 Å². The maximum atomic E-state index is 14.0. The molecule has 0 saturated heterocycles. The summed E-state index contributed by atoms with van der Waals surface area (Å²) in [6.07, 6.45) is 1.78. The van der Waals surface area contributed by atoms with Gasteiger partial charge in [-0.3, -0.25) is 4.79 Å². The third kappa shape index (κ3) is 7.72. The SMILES string of the molecule is Cc1ccc(NC(=O)c2ccc(CC(=N)C[C@@H](C)N(C)C)c(C(F)(F)F)c2)cc1Nc1nccc(-c2cncnc2)n1. The molecule has 0 saturated carbocycles. The first-order chi connectivity index (χ1) is 19.9. The number of carbonyl (C=O) groups excluding carboxylic acids is 1. The lowest BCUT2D eigenvalue weighted by atomic mass is 9.96. The first kappa shape index (κ1) is 30.3. The van der Waals surface area contributed by atoms with Gasteiger partial charge in [-0.2, -0.15) is 13.2 Å². The monoisotopic (exact) mass is 576 g/mol. The summed E-state index contributed by atoms with van der Waals surface area (Å²) >= 11 is 0. The van der Waals surface area contributed by atoms with Crippen molar-refractivity contribution in [1.29, 1.82) is 5.41 Å². The Morgan fingerprint density at radius 2 is 1.81 bits per heavy atom. The Kier molecular flexibility index (Phi) is 9.26. The molecule has 2 heterocycles. The average molecular weight is 577 g/mol. The van der Waals surface area contributed by atoms with E-state index in [0.717, 1.165) is 11.6 Å². The Morgan fingerprint density at radius 3 is 2.50 bits per heavy atom. The zero-order valence-electron chi connectivity index (χ0n) is 23.6. The smallest absolute Gasteiger partial charge is 0.324 e. The number of hydrogen-bond donors (Lipinski definition) is 3. The molecule has 3 N–H and O–H groups in total. The molecule has 0 aliphatic heterocycles. The zero-order chi connectivity index (χ0) is 30.4. The molecule has 2 aromatic carbocycles. The molecule has 0 aliphatic carbocycles. The van der Waals surface area contributed by atoms with Crippen molar-refractivity contribution < 1.29 is 18.0 Å². The minimum atomic E-state index is -4.68. The summed E-state index contributed by atoms with van der Waals surface area (Å²) in [5.41, 5.74) is 2.21. The molecule has 0 fully saturated rings. The maximum absolute atomic E-state index is 14.0. The van der Waals surface area contributed by atoms with Crippen molar-refractivity contribution in [1.82, 2.24) is 24.8 Å². The number of hydrogen-bond acceptors (Lipinski definition) is 8. The molecule has 12 heteroatoms. The molecule has 218 valence electrons. The third-order valence-electron chi connectivity index (χ3n) is 6.76. The van der Waals surface area contributed by atoms with Crippen LogP contribution >= 0.6 is 0 Å². The van der Waals surface area contributed by atoms with Crippen LogP contribution in [0.4, 0.5) is 30.5 Å². The number of rotatable bonds is 10. The molecule has 0 aliphatic rings. The van der Waals surface area contributed by atoms with Crippen molar-refractivity contribution in [3.8, 4) is 11.3 Å². The van der Waals surface area contributed by atoms with E-state index in [1.807, 2.05) is 32.8 Å². The molecular weight excluding hydrogens is 545 g/mol. The van der Waals surface area contributed by atoms with E-state index in [9.17, 15) is 18.0 Å². The molecule has 9 nitrogen and oxygen atoms in total. The Hall–Kier alpha value is -4.71. The number of benzene rings is 2. The van der Waals surface area contributed by atoms with Gasteiger partial charge in [0.1, 0.15) is 6.33 Å². The second-order valence-electron chi connectivity index (χ2n) is 10.2. The molecule has 0 bridgehead atoms. The van der Waals surface area contributed by atoms with Crippen LogP contribution in [0.2, 0.25) is 0 Å². The molecule has 0 unspecified atom stereocenters. The summed E-state index contributed by atoms with van der Waals surface area (Å²) in [7, 11) is 3.71. The molecule has 42 heavy (non-hydrogen) atoms. The topological polar surface area (TPSA) is 120 Å². The number of anilines is 3. The first-order valence-corrected chi connectivity index (χ1v) is 13.1. The maximum Gasteiger partial charge on any atom is 0.416 e.